The van der Waals surface area contributed by atoms with Gasteiger partial charge in [-0.25, -0.2) is 9.48 Å². The quantitative estimate of drug-likeness (QED) is 0.807. The summed E-state index contributed by atoms with van der Waals surface area (Å²) in [6.07, 6.45) is 3.66. The Morgan fingerprint density at radius 3 is 2.57 bits per heavy atom. The van der Waals surface area contributed by atoms with Crippen molar-refractivity contribution < 1.29 is 14.7 Å². The van der Waals surface area contributed by atoms with Crippen LogP contribution in [0.4, 0.5) is 0 Å². The molecule has 0 aliphatic carbocycles. The second kappa shape index (κ2) is 7.41. The lowest BCUT2D eigenvalue weighted by Gasteiger charge is -2.19. The summed E-state index contributed by atoms with van der Waals surface area (Å²) in [4.78, 5) is 23.5. The Kier molecular flexibility index (Phi) is 5.54. The zero-order valence-electron chi connectivity index (χ0n) is 12.9. The van der Waals surface area contributed by atoms with E-state index in [-0.39, 0.29) is 5.92 Å². The van der Waals surface area contributed by atoms with Crippen molar-refractivity contribution >= 4 is 27.8 Å². The number of carbonyl (C=O) groups excluding carboxylic acids is 1. The van der Waals surface area contributed by atoms with E-state index in [2.05, 4.69) is 26.3 Å². The van der Waals surface area contributed by atoms with E-state index in [9.17, 15) is 14.7 Å². The molecule has 2 N–H and O–H groups in total. The lowest BCUT2D eigenvalue weighted by Crippen LogP contribution is -2.44. The van der Waals surface area contributed by atoms with Gasteiger partial charge >= 0.3 is 5.97 Å². The molecule has 2 atom stereocenters. The second-order valence-corrected chi connectivity index (χ2v) is 6.24. The normalized spacial score (nSPS) is 13.3. The van der Waals surface area contributed by atoms with Crippen LogP contribution in [0.1, 0.15) is 30.6 Å². The fraction of sp³-hybridized carbons (Fsp3) is 0.312. The van der Waals surface area contributed by atoms with Crippen LogP contribution in [0.15, 0.2) is 41.1 Å². The molecule has 23 heavy (non-hydrogen) atoms. The molecule has 2 unspecified atom stereocenters. The molecule has 7 heteroatoms. The molecule has 1 aromatic heterocycles. The maximum atomic E-state index is 12.2. The summed E-state index contributed by atoms with van der Waals surface area (Å²) in [7, 11) is 0. The van der Waals surface area contributed by atoms with Crippen molar-refractivity contribution in [2.45, 2.75) is 26.3 Å². The van der Waals surface area contributed by atoms with Crippen molar-refractivity contribution in [1.29, 1.82) is 0 Å². The minimum absolute atomic E-state index is 0.155. The van der Waals surface area contributed by atoms with Crippen LogP contribution in [0.2, 0.25) is 0 Å². The smallest absolute Gasteiger partial charge is 0.326 e. The van der Waals surface area contributed by atoms with Crippen LogP contribution >= 0.6 is 15.9 Å². The fourth-order valence-electron chi connectivity index (χ4n) is 2.08. The number of amides is 1. The molecular weight excluding hydrogens is 362 g/mol. The van der Waals surface area contributed by atoms with Crippen LogP contribution in [-0.4, -0.2) is 32.8 Å². The molecule has 0 radical (unpaired) electrons. The lowest BCUT2D eigenvalue weighted by molar-refractivity contribution is -0.140. The van der Waals surface area contributed by atoms with Crippen LogP contribution in [0.3, 0.4) is 0 Å². The van der Waals surface area contributed by atoms with E-state index in [0.717, 1.165) is 10.2 Å². The number of carboxylic acids is 1. The lowest BCUT2D eigenvalue weighted by atomic mass is 9.99. The Morgan fingerprint density at radius 1 is 1.35 bits per heavy atom. The first kappa shape index (κ1) is 17.2. The Hall–Kier alpha value is -2.15. The number of hydrogen-bond acceptors (Lipinski definition) is 3. The zero-order valence-corrected chi connectivity index (χ0v) is 14.4. The van der Waals surface area contributed by atoms with Crippen molar-refractivity contribution in [2.75, 3.05) is 0 Å². The first-order valence-corrected chi connectivity index (χ1v) is 8.06. The highest BCUT2D eigenvalue weighted by molar-refractivity contribution is 9.10. The monoisotopic (exact) mass is 379 g/mol. The largest absolute Gasteiger partial charge is 0.480 e. The molecule has 6 nitrogen and oxygen atoms in total. The van der Waals surface area contributed by atoms with Gasteiger partial charge in [0.2, 0.25) is 0 Å². The van der Waals surface area contributed by atoms with Gasteiger partial charge in [0.15, 0.2) is 0 Å². The van der Waals surface area contributed by atoms with Gasteiger partial charge in [-0.15, -0.1) is 0 Å². The van der Waals surface area contributed by atoms with Gasteiger partial charge in [-0.05, 0) is 30.2 Å². The Balaban J connectivity index is 2.14. The number of carboxylic acid groups (broad SMARTS) is 1. The maximum absolute atomic E-state index is 12.2. The highest BCUT2D eigenvalue weighted by Crippen LogP contribution is 2.14. The number of aliphatic carboxylic acids is 1. The van der Waals surface area contributed by atoms with Gasteiger partial charge in [-0.3, -0.25) is 4.79 Å². The van der Waals surface area contributed by atoms with E-state index < -0.39 is 17.9 Å². The molecular formula is C16H18BrN3O3. The third-order valence-electron chi connectivity index (χ3n) is 3.70. The zero-order chi connectivity index (χ0) is 17.0. The fourth-order valence-corrected chi connectivity index (χ4v) is 2.35. The van der Waals surface area contributed by atoms with Crippen LogP contribution in [0.25, 0.3) is 5.69 Å². The molecule has 0 saturated carbocycles. The molecule has 122 valence electrons. The minimum Gasteiger partial charge on any atom is -0.480 e. The summed E-state index contributed by atoms with van der Waals surface area (Å²) >= 11 is 3.36. The Labute approximate surface area is 142 Å². The summed E-state index contributed by atoms with van der Waals surface area (Å²) in [6, 6.07) is 6.56. The number of nitrogens with zero attached hydrogens (tertiary/aromatic N) is 2. The summed E-state index contributed by atoms with van der Waals surface area (Å²) < 4.78 is 2.52. The minimum atomic E-state index is -1.03. The highest BCUT2D eigenvalue weighted by Gasteiger charge is 2.26. The van der Waals surface area contributed by atoms with Crippen molar-refractivity contribution in [2.24, 2.45) is 5.92 Å². The molecule has 0 spiro atoms. The van der Waals surface area contributed by atoms with Gasteiger partial charge in [0.05, 0.1) is 17.4 Å². The van der Waals surface area contributed by atoms with Gasteiger partial charge < -0.3 is 10.4 Å². The molecule has 0 saturated heterocycles. The predicted octanol–water partition coefficient (Wildman–Crippen LogP) is 2.86. The number of carbonyl (C=O) groups is 2. The van der Waals surface area contributed by atoms with E-state index in [4.69, 9.17) is 0 Å². The standard InChI is InChI=1S/C16H18BrN3O3/c1-3-10(2)14(16(22)23)19-15(21)11-8-18-20(9-11)13-6-4-12(17)5-7-13/h4-10,14H,3H2,1-2H3,(H,19,21)(H,22,23). The van der Waals surface area contributed by atoms with E-state index in [1.54, 1.807) is 17.8 Å². The number of hydrogen-bond donors (Lipinski definition) is 2. The van der Waals surface area contributed by atoms with E-state index in [0.29, 0.717) is 12.0 Å². The van der Waals surface area contributed by atoms with Gasteiger partial charge in [0.25, 0.3) is 5.91 Å². The third-order valence-corrected chi connectivity index (χ3v) is 4.23. The van der Waals surface area contributed by atoms with Crippen molar-refractivity contribution in [1.82, 2.24) is 15.1 Å². The second-order valence-electron chi connectivity index (χ2n) is 5.32. The average molecular weight is 380 g/mol. The van der Waals surface area contributed by atoms with E-state index >= 15 is 0 Å². The SMILES string of the molecule is CCC(C)C(NC(=O)c1cnn(-c2ccc(Br)cc2)c1)C(=O)O. The van der Waals surface area contributed by atoms with Gasteiger partial charge in [0.1, 0.15) is 6.04 Å². The highest BCUT2D eigenvalue weighted by atomic mass is 79.9. The van der Waals surface area contributed by atoms with Gasteiger partial charge in [-0.1, -0.05) is 36.2 Å². The van der Waals surface area contributed by atoms with Crippen LogP contribution in [-0.2, 0) is 4.79 Å². The summed E-state index contributed by atoms with van der Waals surface area (Å²) in [5.74, 6) is -1.63. The summed E-state index contributed by atoms with van der Waals surface area (Å²) in [5, 5.41) is 15.9. The molecule has 0 bridgehead atoms. The number of halogens is 1. The van der Waals surface area contributed by atoms with Crippen molar-refractivity contribution in [3.8, 4) is 5.69 Å². The molecule has 0 fully saturated rings. The molecule has 1 aromatic carbocycles. The van der Waals surface area contributed by atoms with Crippen LogP contribution < -0.4 is 5.32 Å². The third kappa shape index (κ3) is 4.19. The molecule has 2 aromatic rings. The number of nitrogens with one attached hydrogen (secondary N) is 1. The molecule has 0 aliphatic heterocycles. The number of rotatable bonds is 6. The topological polar surface area (TPSA) is 84.2 Å². The average Bonchev–Trinajstić information content (AvgIpc) is 3.02. The maximum Gasteiger partial charge on any atom is 0.326 e. The van der Waals surface area contributed by atoms with Gasteiger partial charge in [0, 0.05) is 10.7 Å². The first-order valence-electron chi connectivity index (χ1n) is 7.26. The van der Waals surface area contributed by atoms with E-state index in [1.165, 1.54) is 6.20 Å². The van der Waals surface area contributed by atoms with Crippen molar-refractivity contribution in [3.63, 3.8) is 0 Å². The summed E-state index contributed by atoms with van der Waals surface area (Å²) in [6.45, 7) is 3.68. The molecule has 1 amide bonds. The molecule has 0 aliphatic rings. The summed E-state index contributed by atoms with van der Waals surface area (Å²) in [5.41, 5.74) is 1.13. The molecule has 1 heterocycles. The first-order chi connectivity index (χ1) is 10.9. The van der Waals surface area contributed by atoms with E-state index in [1.807, 2.05) is 31.2 Å². The van der Waals surface area contributed by atoms with Crippen LogP contribution in [0, 0.1) is 5.92 Å². The number of aromatic nitrogens is 2. The predicted molar refractivity (Wildman–Crippen MR) is 89.6 cm³/mol. The number of benzene rings is 1. The van der Waals surface area contributed by atoms with Crippen LogP contribution in [0.5, 0.6) is 0 Å². The Bertz CT molecular complexity index is 697. The van der Waals surface area contributed by atoms with Gasteiger partial charge in [-0.2, -0.15) is 5.10 Å². The van der Waals surface area contributed by atoms with Crippen molar-refractivity contribution in [3.05, 3.63) is 46.7 Å². The molecule has 2 rings (SSSR count). The Morgan fingerprint density at radius 2 is 2.00 bits per heavy atom.